The van der Waals surface area contributed by atoms with E-state index in [-0.39, 0.29) is 24.8 Å². The minimum absolute atomic E-state index is 0.160. The number of benzene rings is 1. The molecule has 2 aromatic rings. The Morgan fingerprint density at radius 3 is 2.96 bits per heavy atom. The molecule has 0 aliphatic carbocycles. The van der Waals surface area contributed by atoms with E-state index in [2.05, 4.69) is 15.6 Å². The van der Waals surface area contributed by atoms with Gasteiger partial charge in [0.15, 0.2) is 6.10 Å². The number of fused-ring (bicyclic) bond motifs is 1. The van der Waals surface area contributed by atoms with E-state index < -0.39 is 6.10 Å². The van der Waals surface area contributed by atoms with E-state index in [0.29, 0.717) is 23.0 Å². The van der Waals surface area contributed by atoms with Gasteiger partial charge in [-0.05, 0) is 42.8 Å². The smallest absolute Gasteiger partial charge is 0.261 e. The highest BCUT2D eigenvalue weighted by atomic mass is 35.5. The molecule has 0 spiro atoms. The zero-order chi connectivity index (χ0) is 17.8. The van der Waals surface area contributed by atoms with Crippen LogP contribution in [-0.4, -0.2) is 29.4 Å². The summed E-state index contributed by atoms with van der Waals surface area (Å²) in [5.41, 5.74) is 1.74. The zero-order valence-electron chi connectivity index (χ0n) is 13.7. The highest BCUT2D eigenvalue weighted by Gasteiger charge is 2.29. The number of hydrogen-bond acceptors (Lipinski definition) is 4. The molecule has 1 aliphatic rings. The Bertz CT molecular complexity index is 810. The Morgan fingerprint density at radius 1 is 1.32 bits per heavy atom. The second-order valence-corrected chi connectivity index (χ2v) is 6.25. The zero-order valence-corrected chi connectivity index (χ0v) is 14.5. The quantitative estimate of drug-likeness (QED) is 0.859. The molecule has 1 aliphatic heterocycles. The van der Waals surface area contributed by atoms with E-state index >= 15 is 0 Å². The van der Waals surface area contributed by atoms with Crippen molar-refractivity contribution in [1.82, 2.24) is 10.3 Å². The second-order valence-electron chi connectivity index (χ2n) is 5.82. The van der Waals surface area contributed by atoms with Gasteiger partial charge in [-0.3, -0.25) is 9.59 Å². The number of aryl methyl sites for hydroxylation is 1. The van der Waals surface area contributed by atoms with E-state index in [9.17, 15) is 9.59 Å². The predicted molar refractivity (Wildman–Crippen MR) is 94.8 cm³/mol. The maximum atomic E-state index is 12.2. The third kappa shape index (κ3) is 4.48. The lowest BCUT2D eigenvalue weighted by Crippen LogP contribution is -2.38. The topological polar surface area (TPSA) is 80.3 Å². The van der Waals surface area contributed by atoms with Crippen molar-refractivity contribution in [2.75, 3.05) is 11.9 Å². The van der Waals surface area contributed by atoms with Crippen LogP contribution in [-0.2, 0) is 16.0 Å². The number of pyridine rings is 1. The van der Waals surface area contributed by atoms with Crippen molar-refractivity contribution >= 4 is 29.2 Å². The van der Waals surface area contributed by atoms with Gasteiger partial charge in [-0.25, -0.2) is 4.98 Å². The number of hydrogen-bond donors (Lipinski definition) is 2. The van der Waals surface area contributed by atoms with Gasteiger partial charge in [-0.15, -0.1) is 0 Å². The highest BCUT2D eigenvalue weighted by Crippen LogP contribution is 2.31. The van der Waals surface area contributed by atoms with Crippen LogP contribution in [0.15, 0.2) is 36.4 Å². The van der Waals surface area contributed by atoms with Crippen molar-refractivity contribution in [3.05, 3.63) is 52.7 Å². The van der Waals surface area contributed by atoms with Crippen molar-refractivity contribution < 1.29 is 14.3 Å². The van der Waals surface area contributed by atoms with E-state index in [4.69, 9.17) is 16.3 Å². The molecule has 0 fully saturated rings. The molecular formula is C18H18ClN3O3. The van der Waals surface area contributed by atoms with Crippen LogP contribution in [0.5, 0.6) is 5.75 Å². The number of anilines is 1. The van der Waals surface area contributed by atoms with Gasteiger partial charge >= 0.3 is 0 Å². The monoisotopic (exact) mass is 359 g/mol. The molecular weight excluding hydrogens is 342 g/mol. The first kappa shape index (κ1) is 17.2. The lowest BCUT2D eigenvalue weighted by Gasteiger charge is -2.11. The maximum absolute atomic E-state index is 12.2. The van der Waals surface area contributed by atoms with Crippen LogP contribution in [0.3, 0.4) is 0 Å². The number of carbonyl (C=O) groups excluding carboxylic acids is 2. The summed E-state index contributed by atoms with van der Waals surface area (Å²) in [6.07, 6.45) is 0.0449. The Balaban J connectivity index is 1.43. The lowest BCUT2D eigenvalue weighted by molar-refractivity contribution is -0.127. The van der Waals surface area contributed by atoms with Crippen LogP contribution in [0, 0.1) is 6.92 Å². The molecule has 0 saturated carbocycles. The van der Waals surface area contributed by atoms with Gasteiger partial charge in [0.1, 0.15) is 11.6 Å². The molecule has 0 bridgehead atoms. The van der Waals surface area contributed by atoms with E-state index in [1.165, 1.54) is 0 Å². The molecule has 1 aromatic heterocycles. The summed E-state index contributed by atoms with van der Waals surface area (Å²) in [6.45, 7) is 2.08. The molecule has 1 aromatic carbocycles. The van der Waals surface area contributed by atoms with Crippen molar-refractivity contribution in [2.24, 2.45) is 0 Å². The summed E-state index contributed by atoms with van der Waals surface area (Å²) in [6, 6.07) is 10.7. The average Bonchev–Trinajstić information content (AvgIpc) is 2.98. The Labute approximate surface area is 150 Å². The van der Waals surface area contributed by atoms with Crippen molar-refractivity contribution in [3.8, 4) is 5.75 Å². The predicted octanol–water partition coefficient (Wildman–Crippen LogP) is 2.49. The Kier molecular flexibility index (Phi) is 5.19. The van der Waals surface area contributed by atoms with Crippen LogP contribution in [0.1, 0.15) is 17.7 Å². The minimum atomic E-state index is -0.588. The summed E-state index contributed by atoms with van der Waals surface area (Å²) < 4.78 is 5.61. The first-order valence-corrected chi connectivity index (χ1v) is 8.35. The van der Waals surface area contributed by atoms with Crippen molar-refractivity contribution in [3.63, 3.8) is 0 Å². The molecule has 1 atom stereocenters. The second kappa shape index (κ2) is 7.53. The minimum Gasteiger partial charge on any atom is -0.480 e. The van der Waals surface area contributed by atoms with Crippen LogP contribution in [0.2, 0.25) is 5.02 Å². The molecule has 3 rings (SSSR count). The van der Waals surface area contributed by atoms with Crippen LogP contribution in [0.4, 0.5) is 5.82 Å². The van der Waals surface area contributed by atoms with Crippen LogP contribution >= 0.6 is 11.6 Å². The van der Waals surface area contributed by atoms with Crippen molar-refractivity contribution in [2.45, 2.75) is 25.9 Å². The Morgan fingerprint density at radius 2 is 2.16 bits per heavy atom. The summed E-state index contributed by atoms with van der Waals surface area (Å²) in [4.78, 5) is 28.3. The number of aromatic nitrogens is 1. The standard InChI is InChI=1S/C18H18ClN3O3/c1-11-3-2-4-16(21-11)22-17(23)7-8-20-18(24)15-10-12-9-13(19)5-6-14(12)25-15/h2-6,9,15H,7-8,10H2,1H3,(H,20,24)(H,21,22,23). The molecule has 0 saturated heterocycles. The first-order chi connectivity index (χ1) is 12.0. The van der Waals surface area contributed by atoms with Gasteiger partial charge in [0.25, 0.3) is 5.91 Å². The fourth-order valence-electron chi connectivity index (χ4n) is 2.59. The van der Waals surface area contributed by atoms with E-state index in [0.717, 1.165) is 11.3 Å². The fraction of sp³-hybridized carbons (Fsp3) is 0.278. The third-order valence-electron chi connectivity index (χ3n) is 3.80. The highest BCUT2D eigenvalue weighted by molar-refractivity contribution is 6.30. The van der Waals surface area contributed by atoms with Crippen LogP contribution < -0.4 is 15.4 Å². The van der Waals surface area contributed by atoms with E-state index in [1.807, 2.05) is 19.1 Å². The van der Waals surface area contributed by atoms with Gasteiger partial charge in [0.2, 0.25) is 5.91 Å². The lowest BCUT2D eigenvalue weighted by atomic mass is 10.1. The normalized spacial score (nSPS) is 15.2. The molecule has 2 amide bonds. The van der Waals surface area contributed by atoms with Gasteiger partial charge < -0.3 is 15.4 Å². The summed E-state index contributed by atoms with van der Waals surface area (Å²) in [7, 11) is 0. The van der Waals surface area contributed by atoms with Gasteiger partial charge in [-0.2, -0.15) is 0 Å². The summed E-state index contributed by atoms with van der Waals surface area (Å²) in [5.74, 6) is 0.727. The fourth-order valence-corrected chi connectivity index (χ4v) is 2.79. The molecule has 1 unspecified atom stereocenters. The average molecular weight is 360 g/mol. The number of nitrogens with one attached hydrogen (secondary N) is 2. The number of amides is 2. The third-order valence-corrected chi connectivity index (χ3v) is 4.03. The summed E-state index contributed by atoms with van der Waals surface area (Å²) >= 11 is 5.94. The SMILES string of the molecule is Cc1cccc(NC(=O)CCNC(=O)C2Cc3cc(Cl)ccc3O2)n1. The summed E-state index contributed by atoms with van der Waals surface area (Å²) in [5, 5.41) is 6.04. The number of nitrogens with zero attached hydrogens (tertiary/aromatic N) is 1. The van der Waals surface area contributed by atoms with Crippen molar-refractivity contribution in [1.29, 1.82) is 0 Å². The Hall–Kier alpha value is -2.60. The number of rotatable bonds is 5. The van der Waals surface area contributed by atoms with E-state index in [1.54, 1.807) is 24.3 Å². The largest absolute Gasteiger partial charge is 0.480 e. The van der Waals surface area contributed by atoms with Gasteiger partial charge in [0, 0.05) is 30.1 Å². The van der Waals surface area contributed by atoms with Gasteiger partial charge in [-0.1, -0.05) is 17.7 Å². The molecule has 130 valence electrons. The molecule has 2 heterocycles. The molecule has 6 nitrogen and oxygen atoms in total. The number of halogens is 1. The van der Waals surface area contributed by atoms with Gasteiger partial charge in [0.05, 0.1) is 0 Å². The molecule has 7 heteroatoms. The molecule has 2 N–H and O–H groups in total. The maximum Gasteiger partial charge on any atom is 0.261 e. The molecule has 0 radical (unpaired) electrons. The van der Waals surface area contributed by atoms with Crippen LogP contribution in [0.25, 0.3) is 0 Å². The number of carbonyl (C=O) groups is 2. The number of ether oxygens (including phenoxy) is 1. The first-order valence-electron chi connectivity index (χ1n) is 7.97. The molecule has 25 heavy (non-hydrogen) atoms.